The molecular weight excluding hydrogens is 376 g/mol. The maximum absolute atomic E-state index is 12.2. The van der Waals surface area contributed by atoms with Crippen molar-refractivity contribution in [3.05, 3.63) is 48.5 Å². The van der Waals surface area contributed by atoms with Crippen molar-refractivity contribution < 1.29 is 9.59 Å². The average Bonchev–Trinajstić information content (AvgIpc) is 3.10. The van der Waals surface area contributed by atoms with Crippen molar-refractivity contribution >= 4 is 28.5 Å². The Morgan fingerprint density at radius 3 is 2.47 bits per heavy atom. The molecule has 1 aliphatic carbocycles. The van der Waals surface area contributed by atoms with Crippen molar-refractivity contribution in [1.82, 2.24) is 14.9 Å². The molecule has 1 saturated carbocycles. The van der Waals surface area contributed by atoms with E-state index in [-0.39, 0.29) is 18.4 Å². The normalized spacial score (nSPS) is 14.6. The van der Waals surface area contributed by atoms with Gasteiger partial charge in [-0.2, -0.15) is 0 Å². The molecule has 0 unspecified atom stereocenters. The molecule has 30 heavy (non-hydrogen) atoms. The Hall–Kier alpha value is -3.15. The van der Waals surface area contributed by atoms with Gasteiger partial charge >= 0.3 is 0 Å². The van der Waals surface area contributed by atoms with Gasteiger partial charge in [-0.15, -0.1) is 0 Å². The van der Waals surface area contributed by atoms with Crippen LogP contribution in [0.5, 0.6) is 0 Å². The molecule has 1 aliphatic rings. The van der Waals surface area contributed by atoms with Crippen molar-refractivity contribution in [3.63, 3.8) is 0 Å². The SMILES string of the molecule is Cn1c(-c2ccc(NC(=O)CNC(=O)CC3CCCCC3)cc2)nc2ccccc21. The summed E-state index contributed by atoms with van der Waals surface area (Å²) in [6, 6.07) is 15.6. The Labute approximate surface area is 176 Å². The predicted octanol–water partition coefficient (Wildman–Crippen LogP) is 4.27. The molecule has 0 saturated heterocycles. The van der Waals surface area contributed by atoms with E-state index in [1.807, 2.05) is 55.6 Å². The summed E-state index contributed by atoms with van der Waals surface area (Å²) < 4.78 is 2.06. The van der Waals surface area contributed by atoms with Crippen LogP contribution < -0.4 is 10.6 Å². The van der Waals surface area contributed by atoms with Crippen molar-refractivity contribution in [1.29, 1.82) is 0 Å². The minimum absolute atomic E-state index is 0.00192. The molecule has 1 fully saturated rings. The average molecular weight is 405 g/mol. The van der Waals surface area contributed by atoms with Crippen LogP contribution in [-0.4, -0.2) is 27.9 Å². The van der Waals surface area contributed by atoms with Crippen LogP contribution in [0, 0.1) is 5.92 Å². The molecule has 2 aromatic carbocycles. The molecule has 156 valence electrons. The summed E-state index contributed by atoms with van der Waals surface area (Å²) in [5.41, 5.74) is 3.71. The Kier molecular flexibility index (Phi) is 6.12. The molecule has 4 rings (SSSR count). The van der Waals surface area contributed by atoms with E-state index in [2.05, 4.69) is 15.2 Å². The molecule has 0 atom stereocenters. The number of nitrogens with one attached hydrogen (secondary N) is 2. The lowest BCUT2D eigenvalue weighted by Gasteiger charge is -2.20. The number of rotatable bonds is 6. The summed E-state index contributed by atoms with van der Waals surface area (Å²) in [5, 5.41) is 5.59. The highest BCUT2D eigenvalue weighted by molar-refractivity contribution is 5.94. The summed E-state index contributed by atoms with van der Waals surface area (Å²) in [6.07, 6.45) is 6.47. The van der Waals surface area contributed by atoms with E-state index in [0.717, 1.165) is 35.3 Å². The van der Waals surface area contributed by atoms with E-state index >= 15 is 0 Å². The highest BCUT2D eigenvalue weighted by Crippen LogP contribution is 2.26. The summed E-state index contributed by atoms with van der Waals surface area (Å²) in [6.45, 7) is -0.00192. The van der Waals surface area contributed by atoms with Gasteiger partial charge in [-0.3, -0.25) is 9.59 Å². The maximum Gasteiger partial charge on any atom is 0.243 e. The lowest BCUT2D eigenvalue weighted by molar-refractivity contribution is -0.125. The highest BCUT2D eigenvalue weighted by Gasteiger charge is 2.17. The molecule has 6 heteroatoms. The first-order chi connectivity index (χ1) is 14.6. The van der Waals surface area contributed by atoms with Crippen LogP contribution in [-0.2, 0) is 16.6 Å². The second-order valence-electron chi connectivity index (χ2n) is 8.09. The number of benzene rings is 2. The minimum Gasteiger partial charge on any atom is -0.347 e. The third-order valence-corrected chi connectivity index (χ3v) is 5.86. The zero-order chi connectivity index (χ0) is 20.9. The number of para-hydroxylation sites is 2. The van der Waals surface area contributed by atoms with Crippen LogP contribution in [0.2, 0.25) is 0 Å². The highest BCUT2D eigenvalue weighted by atomic mass is 16.2. The molecule has 0 spiro atoms. The van der Waals surface area contributed by atoms with Crippen molar-refractivity contribution in [2.24, 2.45) is 13.0 Å². The summed E-state index contributed by atoms with van der Waals surface area (Å²) in [4.78, 5) is 29.0. The molecule has 1 heterocycles. The Balaban J connectivity index is 1.31. The number of carbonyl (C=O) groups excluding carboxylic acids is 2. The van der Waals surface area contributed by atoms with Gasteiger partial charge in [0.2, 0.25) is 11.8 Å². The van der Waals surface area contributed by atoms with Crippen molar-refractivity contribution in [2.75, 3.05) is 11.9 Å². The molecule has 0 aliphatic heterocycles. The third kappa shape index (κ3) is 4.70. The standard InChI is InChI=1S/C24H28N4O2/c1-28-21-10-6-5-9-20(21)27-24(28)18-11-13-19(14-12-18)26-23(30)16-25-22(29)15-17-7-3-2-4-8-17/h5-6,9-14,17H,2-4,7-8,15-16H2,1H3,(H,25,29)(H,26,30). The molecule has 3 aromatic rings. The second kappa shape index (κ2) is 9.11. The Bertz CT molecular complexity index is 1030. The van der Waals surface area contributed by atoms with E-state index in [1.54, 1.807) is 0 Å². The number of carbonyl (C=O) groups is 2. The molecule has 6 nitrogen and oxygen atoms in total. The van der Waals surface area contributed by atoms with E-state index < -0.39 is 0 Å². The van der Waals surface area contributed by atoms with Crippen LogP contribution in [0.25, 0.3) is 22.4 Å². The number of aryl methyl sites for hydroxylation is 1. The van der Waals surface area contributed by atoms with Crippen molar-refractivity contribution in [3.8, 4) is 11.4 Å². The zero-order valence-corrected chi connectivity index (χ0v) is 17.4. The first-order valence-corrected chi connectivity index (χ1v) is 10.7. The third-order valence-electron chi connectivity index (χ3n) is 5.86. The fourth-order valence-electron chi connectivity index (χ4n) is 4.22. The first-order valence-electron chi connectivity index (χ1n) is 10.7. The van der Waals surface area contributed by atoms with Gasteiger partial charge in [0, 0.05) is 24.7 Å². The quantitative estimate of drug-likeness (QED) is 0.644. The van der Waals surface area contributed by atoms with Crippen LogP contribution in [0.15, 0.2) is 48.5 Å². The molecule has 0 radical (unpaired) electrons. The summed E-state index contributed by atoms with van der Waals surface area (Å²) >= 11 is 0. The lowest BCUT2D eigenvalue weighted by atomic mass is 9.87. The van der Waals surface area contributed by atoms with Crippen LogP contribution >= 0.6 is 0 Å². The van der Waals surface area contributed by atoms with Gasteiger partial charge in [0.25, 0.3) is 0 Å². The number of amides is 2. The number of fused-ring (bicyclic) bond motifs is 1. The monoisotopic (exact) mass is 404 g/mol. The fourth-order valence-corrected chi connectivity index (χ4v) is 4.22. The smallest absolute Gasteiger partial charge is 0.243 e. The van der Waals surface area contributed by atoms with E-state index in [4.69, 9.17) is 4.98 Å². The van der Waals surface area contributed by atoms with Gasteiger partial charge in [-0.25, -0.2) is 4.98 Å². The zero-order valence-electron chi connectivity index (χ0n) is 17.4. The van der Waals surface area contributed by atoms with Crippen molar-refractivity contribution in [2.45, 2.75) is 38.5 Å². The summed E-state index contributed by atoms with van der Waals surface area (Å²) in [7, 11) is 2.00. The fraction of sp³-hybridized carbons (Fsp3) is 0.375. The van der Waals surface area contributed by atoms with Crippen LogP contribution in [0.3, 0.4) is 0 Å². The number of imidazole rings is 1. The number of hydrogen-bond donors (Lipinski definition) is 2. The molecule has 1 aromatic heterocycles. The largest absolute Gasteiger partial charge is 0.347 e. The van der Waals surface area contributed by atoms with E-state index in [9.17, 15) is 9.59 Å². The topological polar surface area (TPSA) is 76.0 Å². The second-order valence-corrected chi connectivity index (χ2v) is 8.09. The molecule has 2 N–H and O–H groups in total. The molecular formula is C24H28N4O2. The van der Waals surface area contributed by atoms with E-state index in [1.165, 1.54) is 19.3 Å². The van der Waals surface area contributed by atoms with Gasteiger partial charge in [0.1, 0.15) is 5.82 Å². The van der Waals surface area contributed by atoms with Gasteiger partial charge < -0.3 is 15.2 Å². The number of nitrogens with zero attached hydrogens (tertiary/aromatic N) is 2. The lowest BCUT2D eigenvalue weighted by Crippen LogP contribution is -2.34. The maximum atomic E-state index is 12.2. The van der Waals surface area contributed by atoms with Gasteiger partial charge in [-0.1, -0.05) is 31.4 Å². The molecule has 2 amide bonds. The van der Waals surface area contributed by atoms with Gasteiger partial charge in [-0.05, 0) is 55.2 Å². The predicted molar refractivity (Wildman–Crippen MR) is 119 cm³/mol. The van der Waals surface area contributed by atoms with Crippen LogP contribution in [0.4, 0.5) is 5.69 Å². The summed E-state index contributed by atoms with van der Waals surface area (Å²) in [5.74, 6) is 1.10. The first kappa shape index (κ1) is 20.1. The molecule has 0 bridgehead atoms. The van der Waals surface area contributed by atoms with Crippen LogP contribution in [0.1, 0.15) is 38.5 Å². The van der Waals surface area contributed by atoms with Gasteiger partial charge in [0.15, 0.2) is 0 Å². The van der Waals surface area contributed by atoms with Gasteiger partial charge in [0.05, 0.1) is 17.6 Å². The minimum atomic E-state index is -0.220. The Morgan fingerprint density at radius 2 is 1.73 bits per heavy atom. The number of hydrogen-bond acceptors (Lipinski definition) is 3. The number of anilines is 1. The number of aromatic nitrogens is 2. The Morgan fingerprint density at radius 1 is 1.00 bits per heavy atom. The van der Waals surface area contributed by atoms with E-state index in [0.29, 0.717) is 18.0 Å².